The zero-order chi connectivity index (χ0) is 23.4. The van der Waals surface area contributed by atoms with Crippen molar-refractivity contribution < 1.29 is 27.5 Å². The Morgan fingerprint density at radius 2 is 1.85 bits per heavy atom. The summed E-state index contributed by atoms with van der Waals surface area (Å²) in [6.07, 6.45) is 0.214. The molecule has 1 aliphatic carbocycles. The lowest BCUT2D eigenvalue weighted by Gasteiger charge is -2.31. The summed E-state index contributed by atoms with van der Waals surface area (Å²) in [6, 6.07) is 10.3. The van der Waals surface area contributed by atoms with Gasteiger partial charge in [0.2, 0.25) is 0 Å². The number of hydrogen-bond acceptors (Lipinski definition) is 5. The number of benzene rings is 1. The first-order valence-electron chi connectivity index (χ1n) is 11.1. The third-order valence-corrected chi connectivity index (χ3v) is 6.28. The number of fused-ring (bicyclic) bond motifs is 1. The maximum absolute atomic E-state index is 12.7. The fourth-order valence-electron chi connectivity index (χ4n) is 4.48. The summed E-state index contributed by atoms with van der Waals surface area (Å²) in [7, 11) is 0. The van der Waals surface area contributed by atoms with E-state index in [2.05, 4.69) is 16.4 Å². The van der Waals surface area contributed by atoms with E-state index >= 15 is 0 Å². The van der Waals surface area contributed by atoms with Crippen molar-refractivity contribution in [3.8, 4) is 0 Å². The van der Waals surface area contributed by atoms with Crippen LogP contribution in [0.5, 0.6) is 0 Å². The second kappa shape index (κ2) is 9.80. The summed E-state index contributed by atoms with van der Waals surface area (Å²) in [4.78, 5) is 30.5. The molecule has 33 heavy (non-hydrogen) atoms. The Balaban J connectivity index is 1.22. The molecule has 176 valence electrons. The summed E-state index contributed by atoms with van der Waals surface area (Å²) in [5, 5.41) is 2.96. The molecule has 1 aromatic heterocycles. The van der Waals surface area contributed by atoms with Crippen molar-refractivity contribution in [1.82, 2.24) is 10.3 Å². The number of carbonyl (C=O) groups is 2. The molecule has 1 amide bonds. The molecule has 1 aromatic carbocycles. The van der Waals surface area contributed by atoms with Crippen LogP contribution in [0.25, 0.3) is 0 Å². The Labute approximate surface area is 190 Å². The van der Waals surface area contributed by atoms with E-state index in [9.17, 15) is 22.8 Å². The van der Waals surface area contributed by atoms with E-state index in [0.717, 1.165) is 37.1 Å². The second-order valence-corrected chi connectivity index (χ2v) is 8.48. The minimum Gasteiger partial charge on any atom is -0.455 e. The van der Waals surface area contributed by atoms with Crippen LogP contribution in [0.15, 0.2) is 42.6 Å². The van der Waals surface area contributed by atoms with Crippen LogP contribution in [0.4, 0.5) is 19.0 Å². The molecule has 0 bridgehead atoms. The number of esters is 1. The highest BCUT2D eigenvalue weighted by molar-refractivity contribution is 5.81. The van der Waals surface area contributed by atoms with Crippen molar-refractivity contribution in [3.05, 3.63) is 59.3 Å². The van der Waals surface area contributed by atoms with E-state index in [0.29, 0.717) is 31.7 Å². The minimum atomic E-state index is -4.42. The fourth-order valence-corrected chi connectivity index (χ4v) is 4.48. The molecule has 2 heterocycles. The Morgan fingerprint density at radius 1 is 1.09 bits per heavy atom. The lowest BCUT2D eigenvalue weighted by atomic mass is 9.88. The van der Waals surface area contributed by atoms with Crippen LogP contribution in [0.3, 0.4) is 0 Å². The van der Waals surface area contributed by atoms with Gasteiger partial charge in [-0.15, -0.1) is 0 Å². The van der Waals surface area contributed by atoms with Crippen molar-refractivity contribution in [2.45, 2.75) is 44.3 Å². The van der Waals surface area contributed by atoms with E-state index < -0.39 is 17.7 Å². The predicted molar refractivity (Wildman–Crippen MR) is 115 cm³/mol. The molecule has 0 unspecified atom stereocenters. The third kappa shape index (κ3) is 5.64. The highest BCUT2D eigenvalue weighted by Crippen LogP contribution is 2.31. The zero-order valence-electron chi connectivity index (χ0n) is 18.1. The van der Waals surface area contributed by atoms with Crippen LogP contribution >= 0.6 is 0 Å². The fraction of sp³-hybridized carbons (Fsp3) is 0.458. The number of nitrogens with zero attached hydrogens (tertiary/aromatic N) is 2. The molecule has 6 nitrogen and oxygen atoms in total. The van der Waals surface area contributed by atoms with Gasteiger partial charge in [0, 0.05) is 19.3 Å². The summed E-state index contributed by atoms with van der Waals surface area (Å²) in [5.74, 6) is -0.647. The van der Waals surface area contributed by atoms with Crippen LogP contribution in [0.2, 0.25) is 0 Å². The van der Waals surface area contributed by atoms with Crippen molar-refractivity contribution in [1.29, 1.82) is 0 Å². The normalized spacial score (nSPS) is 19.0. The molecule has 0 spiro atoms. The maximum Gasteiger partial charge on any atom is 0.417 e. The van der Waals surface area contributed by atoms with Crippen molar-refractivity contribution in [2.24, 2.45) is 5.92 Å². The summed E-state index contributed by atoms with van der Waals surface area (Å²) in [6.45, 7) is 0.630. The first kappa shape index (κ1) is 23.1. The molecule has 0 saturated carbocycles. The molecule has 1 N–H and O–H groups in total. The molecule has 2 aliphatic rings. The van der Waals surface area contributed by atoms with Crippen LogP contribution in [0.1, 0.15) is 48.4 Å². The molecule has 0 radical (unpaired) electrons. The smallest absolute Gasteiger partial charge is 0.417 e. The van der Waals surface area contributed by atoms with E-state index in [-0.39, 0.29) is 24.5 Å². The number of rotatable bonds is 5. The van der Waals surface area contributed by atoms with Gasteiger partial charge in [0.25, 0.3) is 5.91 Å². The predicted octanol–water partition coefficient (Wildman–Crippen LogP) is 4.05. The quantitative estimate of drug-likeness (QED) is 0.681. The van der Waals surface area contributed by atoms with Crippen molar-refractivity contribution in [3.63, 3.8) is 0 Å². The standard InChI is InChI=1S/C24H26F3N3O3/c25-24(26,27)18-8-9-21(28-14-18)30-12-10-17(11-13-30)23(32)33-15-22(31)29-20-7-3-5-16-4-1-2-6-19(16)20/h1-2,4,6,8-9,14,17,20H,3,5,7,10-13,15H2,(H,29,31)/t20-/m1/s1. The molecule has 1 fully saturated rings. The number of halogens is 3. The van der Waals surface area contributed by atoms with Gasteiger partial charge < -0.3 is 15.0 Å². The zero-order valence-corrected chi connectivity index (χ0v) is 18.1. The first-order valence-corrected chi connectivity index (χ1v) is 11.1. The maximum atomic E-state index is 12.7. The third-order valence-electron chi connectivity index (χ3n) is 6.28. The van der Waals surface area contributed by atoms with Gasteiger partial charge in [0.05, 0.1) is 17.5 Å². The second-order valence-electron chi connectivity index (χ2n) is 8.48. The molecule has 9 heteroatoms. The number of pyridine rings is 1. The van der Waals surface area contributed by atoms with Gasteiger partial charge >= 0.3 is 12.1 Å². The van der Waals surface area contributed by atoms with Crippen LogP contribution in [-0.2, 0) is 26.9 Å². The van der Waals surface area contributed by atoms with Gasteiger partial charge in [-0.1, -0.05) is 24.3 Å². The highest BCUT2D eigenvalue weighted by Gasteiger charge is 2.32. The molecule has 1 atom stereocenters. The molecular weight excluding hydrogens is 435 g/mol. The Kier molecular flexibility index (Phi) is 6.85. The number of ether oxygens (including phenoxy) is 1. The SMILES string of the molecule is O=C(COC(=O)C1CCN(c2ccc(C(F)(F)F)cn2)CC1)N[C@@H]1CCCc2ccccc21. The number of nitrogens with one attached hydrogen (secondary N) is 1. The van der Waals surface area contributed by atoms with Crippen LogP contribution < -0.4 is 10.2 Å². The highest BCUT2D eigenvalue weighted by atomic mass is 19.4. The Morgan fingerprint density at radius 3 is 2.55 bits per heavy atom. The van der Waals surface area contributed by atoms with Gasteiger partial charge in [-0.25, -0.2) is 4.98 Å². The van der Waals surface area contributed by atoms with Gasteiger partial charge in [0.15, 0.2) is 6.61 Å². The van der Waals surface area contributed by atoms with Crippen LogP contribution in [-0.4, -0.2) is 36.6 Å². The van der Waals surface area contributed by atoms with Gasteiger partial charge in [-0.2, -0.15) is 13.2 Å². The topological polar surface area (TPSA) is 71.5 Å². The van der Waals surface area contributed by atoms with E-state index in [1.165, 1.54) is 11.6 Å². The number of hydrogen-bond donors (Lipinski definition) is 1. The summed E-state index contributed by atoms with van der Waals surface area (Å²) in [5.41, 5.74) is 1.56. The number of aromatic nitrogens is 1. The average molecular weight is 461 g/mol. The van der Waals surface area contributed by atoms with Gasteiger partial charge in [-0.05, 0) is 55.4 Å². The lowest BCUT2D eigenvalue weighted by molar-refractivity contribution is -0.153. The summed E-state index contributed by atoms with van der Waals surface area (Å²) >= 11 is 0. The average Bonchev–Trinajstić information content (AvgIpc) is 2.82. The number of aryl methyl sites for hydroxylation is 1. The molecule has 4 rings (SSSR count). The van der Waals surface area contributed by atoms with E-state index in [1.54, 1.807) is 0 Å². The van der Waals surface area contributed by atoms with Crippen molar-refractivity contribution in [2.75, 3.05) is 24.6 Å². The van der Waals surface area contributed by atoms with E-state index in [4.69, 9.17) is 4.74 Å². The Bertz CT molecular complexity index is 986. The minimum absolute atomic E-state index is 0.0689. The number of amides is 1. The molecule has 1 saturated heterocycles. The van der Waals surface area contributed by atoms with Gasteiger partial charge in [0.1, 0.15) is 5.82 Å². The monoisotopic (exact) mass is 461 g/mol. The number of piperidine rings is 1. The van der Waals surface area contributed by atoms with Crippen LogP contribution in [0, 0.1) is 5.92 Å². The molecule has 2 aromatic rings. The molecule has 1 aliphatic heterocycles. The van der Waals surface area contributed by atoms with Crippen molar-refractivity contribution >= 4 is 17.7 Å². The first-order chi connectivity index (χ1) is 15.8. The number of anilines is 1. The number of carbonyl (C=O) groups excluding carboxylic acids is 2. The lowest BCUT2D eigenvalue weighted by Crippen LogP contribution is -2.39. The molecular formula is C24H26F3N3O3. The van der Waals surface area contributed by atoms with E-state index in [1.807, 2.05) is 23.1 Å². The largest absolute Gasteiger partial charge is 0.455 e. The summed E-state index contributed by atoms with van der Waals surface area (Å²) < 4.78 is 43.3. The number of alkyl halides is 3. The Hall–Kier alpha value is -3.10. The van der Waals surface area contributed by atoms with Gasteiger partial charge in [-0.3, -0.25) is 9.59 Å².